The van der Waals surface area contributed by atoms with Crippen molar-refractivity contribution in [3.63, 3.8) is 0 Å². The molecular weight excluding hydrogens is 304 g/mol. The third kappa shape index (κ3) is 5.26. The number of rotatable bonds is 8. The lowest BCUT2D eigenvalue weighted by Crippen LogP contribution is -2.35. The molecule has 128 valence electrons. The number of aliphatic hydroxyl groups is 1. The van der Waals surface area contributed by atoms with E-state index in [0.29, 0.717) is 24.5 Å². The number of nitrogens with zero attached hydrogens (tertiary/aromatic N) is 1. The maximum absolute atomic E-state index is 10.5. The van der Waals surface area contributed by atoms with Crippen LogP contribution in [-0.2, 0) is 11.3 Å². The molecule has 0 fully saturated rings. The second-order valence-electron chi connectivity index (χ2n) is 5.73. The summed E-state index contributed by atoms with van der Waals surface area (Å²) >= 11 is 0. The van der Waals surface area contributed by atoms with Crippen molar-refractivity contribution in [2.24, 2.45) is 0 Å². The molecule has 2 N–H and O–H groups in total. The Bertz CT molecular complexity index is 537. The van der Waals surface area contributed by atoms with Crippen LogP contribution in [0.1, 0.15) is 19.4 Å². The van der Waals surface area contributed by atoms with Gasteiger partial charge in [0.25, 0.3) is 5.09 Å². The van der Waals surface area contributed by atoms with E-state index in [1.165, 1.54) is 0 Å². The Kier molecular flexibility index (Phi) is 6.00. The molecule has 23 heavy (non-hydrogen) atoms. The Morgan fingerprint density at radius 3 is 3.00 bits per heavy atom. The molecule has 1 aromatic carbocycles. The molecule has 8 heteroatoms. The van der Waals surface area contributed by atoms with Gasteiger partial charge in [-0.2, -0.15) is 0 Å². The molecule has 1 aliphatic rings. The number of fused-ring (bicyclic) bond motifs is 1. The minimum absolute atomic E-state index is 0.122. The Morgan fingerprint density at radius 2 is 2.30 bits per heavy atom. The predicted molar refractivity (Wildman–Crippen MR) is 82.1 cm³/mol. The fraction of sp³-hybridized carbons (Fsp3) is 0.600. The van der Waals surface area contributed by atoms with E-state index in [1.807, 2.05) is 13.8 Å². The van der Waals surface area contributed by atoms with Crippen LogP contribution in [-0.4, -0.2) is 48.2 Å². The zero-order valence-corrected chi connectivity index (χ0v) is 13.2. The van der Waals surface area contributed by atoms with Gasteiger partial charge in [0, 0.05) is 24.6 Å². The van der Waals surface area contributed by atoms with E-state index < -0.39 is 17.3 Å². The topological polar surface area (TPSA) is 103 Å². The van der Waals surface area contributed by atoms with E-state index in [0.717, 1.165) is 5.56 Å². The summed E-state index contributed by atoms with van der Waals surface area (Å²) in [5.41, 5.74) is 0.717. The molecule has 0 saturated heterocycles. The lowest BCUT2D eigenvalue weighted by atomic mass is 10.0. The molecule has 1 heterocycles. The number of aliphatic hydroxyl groups excluding tert-OH is 1. The maximum atomic E-state index is 10.5. The molecule has 2 rings (SSSR count). The summed E-state index contributed by atoms with van der Waals surface area (Å²) in [5.74, 6) is 1.17. The molecule has 0 aliphatic carbocycles. The van der Waals surface area contributed by atoms with Gasteiger partial charge < -0.3 is 24.7 Å². The highest BCUT2D eigenvalue weighted by Gasteiger charge is 2.25. The van der Waals surface area contributed by atoms with Crippen LogP contribution in [0.4, 0.5) is 0 Å². The second-order valence-corrected chi connectivity index (χ2v) is 5.73. The summed E-state index contributed by atoms with van der Waals surface area (Å²) in [4.78, 5) is 15.0. The largest absolute Gasteiger partial charge is 0.491 e. The Morgan fingerprint density at radius 1 is 1.52 bits per heavy atom. The molecule has 2 unspecified atom stereocenters. The normalized spacial score (nSPS) is 18.0. The van der Waals surface area contributed by atoms with Gasteiger partial charge in [0.1, 0.15) is 36.9 Å². The summed E-state index contributed by atoms with van der Waals surface area (Å²) in [6, 6.07) is 5.59. The van der Waals surface area contributed by atoms with Crippen molar-refractivity contribution in [3.8, 4) is 11.5 Å². The van der Waals surface area contributed by atoms with Crippen LogP contribution < -0.4 is 14.8 Å². The second kappa shape index (κ2) is 7.98. The first-order valence-electron chi connectivity index (χ1n) is 7.55. The van der Waals surface area contributed by atoms with Crippen LogP contribution in [0.25, 0.3) is 0 Å². The van der Waals surface area contributed by atoms with Crippen molar-refractivity contribution in [3.05, 3.63) is 33.9 Å². The Labute approximate surface area is 134 Å². The van der Waals surface area contributed by atoms with Gasteiger partial charge >= 0.3 is 0 Å². The van der Waals surface area contributed by atoms with E-state index >= 15 is 0 Å². The average Bonchev–Trinajstić information content (AvgIpc) is 2.50. The molecule has 0 spiro atoms. The zero-order valence-electron chi connectivity index (χ0n) is 13.2. The molecule has 0 bridgehead atoms. The first kappa shape index (κ1) is 17.3. The average molecular weight is 326 g/mol. The number of hydrogen-bond donors (Lipinski definition) is 2. The van der Waals surface area contributed by atoms with E-state index in [4.69, 9.17) is 9.47 Å². The lowest BCUT2D eigenvalue weighted by molar-refractivity contribution is -0.769. The highest BCUT2D eigenvalue weighted by atomic mass is 17.0. The van der Waals surface area contributed by atoms with E-state index in [-0.39, 0.29) is 19.3 Å². The first-order chi connectivity index (χ1) is 11.0. The molecule has 2 atom stereocenters. The van der Waals surface area contributed by atoms with Gasteiger partial charge in [-0.1, -0.05) is 19.9 Å². The van der Waals surface area contributed by atoms with Gasteiger partial charge in [-0.05, 0) is 12.1 Å². The number of hydrogen-bond acceptors (Lipinski definition) is 7. The molecule has 0 saturated carbocycles. The fourth-order valence-corrected chi connectivity index (χ4v) is 2.29. The van der Waals surface area contributed by atoms with Crippen LogP contribution in [0.5, 0.6) is 11.5 Å². The van der Waals surface area contributed by atoms with E-state index in [9.17, 15) is 15.2 Å². The van der Waals surface area contributed by atoms with Crippen LogP contribution in [0.3, 0.4) is 0 Å². The smallest absolute Gasteiger partial charge is 0.294 e. The van der Waals surface area contributed by atoms with Crippen LogP contribution in [0, 0.1) is 10.1 Å². The van der Waals surface area contributed by atoms with Crippen molar-refractivity contribution < 1.29 is 24.5 Å². The standard InChI is InChI=1S/C15H22N2O6/c1-10(2)16-7-11(18)8-21-14-4-3-5-15-13(14)6-12(9-22-15)23-17(19)20/h3-5,10-12,16,18H,6-9H2,1-2H3. The van der Waals surface area contributed by atoms with Gasteiger partial charge in [-0.3, -0.25) is 0 Å². The number of ether oxygens (including phenoxy) is 2. The molecular formula is C15H22N2O6. The van der Waals surface area contributed by atoms with Crippen molar-refractivity contribution in [1.29, 1.82) is 0 Å². The number of nitrogens with one attached hydrogen (secondary N) is 1. The summed E-state index contributed by atoms with van der Waals surface area (Å²) in [5, 5.41) is 22.7. The highest BCUT2D eigenvalue weighted by Crippen LogP contribution is 2.33. The molecule has 0 aromatic heterocycles. The van der Waals surface area contributed by atoms with Crippen molar-refractivity contribution in [2.75, 3.05) is 19.8 Å². The van der Waals surface area contributed by atoms with Crippen molar-refractivity contribution >= 4 is 0 Å². The van der Waals surface area contributed by atoms with Gasteiger partial charge in [0.2, 0.25) is 0 Å². The van der Waals surface area contributed by atoms with Crippen molar-refractivity contribution in [2.45, 2.75) is 38.5 Å². The Hall–Kier alpha value is -2.06. The SMILES string of the molecule is CC(C)NCC(O)COc1cccc2c1CC(O[N+](=O)[O-])CO2. The van der Waals surface area contributed by atoms with Crippen LogP contribution in [0.2, 0.25) is 0 Å². The van der Waals surface area contributed by atoms with Gasteiger partial charge in [-0.15, -0.1) is 10.1 Å². The Balaban J connectivity index is 1.97. The van der Waals surface area contributed by atoms with E-state index in [2.05, 4.69) is 10.2 Å². The van der Waals surface area contributed by atoms with Gasteiger partial charge in [0.15, 0.2) is 0 Å². The number of benzene rings is 1. The summed E-state index contributed by atoms with van der Waals surface area (Å²) in [6.07, 6.45) is -0.981. The van der Waals surface area contributed by atoms with Gasteiger partial charge in [-0.25, -0.2) is 0 Å². The maximum Gasteiger partial charge on any atom is 0.294 e. The minimum atomic E-state index is -0.816. The third-order valence-electron chi connectivity index (χ3n) is 3.37. The van der Waals surface area contributed by atoms with Crippen molar-refractivity contribution in [1.82, 2.24) is 5.32 Å². The molecule has 0 amide bonds. The van der Waals surface area contributed by atoms with Crippen LogP contribution >= 0.6 is 0 Å². The monoisotopic (exact) mass is 326 g/mol. The summed E-state index contributed by atoms with van der Waals surface area (Å²) in [6.45, 7) is 4.66. The quantitative estimate of drug-likeness (QED) is 0.541. The minimum Gasteiger partial charge on any atom is -0.491 e. The summed E-state index contributed by atoms with van der Waals surface area (Å²) in [7, 11) is 0. The fourth-order valence-electron chi connectivity index (χ4n) is 2.29. The summed E-state index contributed by atoms with van der Waals surface area (Å²) < 4.78 is 11.1. The molecule has 1 aromatic rings. The third-order valence-corrected chi connectivity index (χ3v) is 3.37. The molecule has 8 nitrogen and oxygen atoms in total. The van der Waals surface area contributed by atoms with Crippen LogP contribution in [0.15, 0.2) is 18.2 Å². The van der Waals surface area contributed by atoms with E-state index in [1.54, 1.807) is 18.2 Å². The lowest BCUT2D eigenvalue weighted by Gasteiger charge is -2.26. The van der Waals surface area contributed by atoms with Gasteiger partial charge in [0.05, 0.1) is 0 Å². The molecule has 0 radical (unpaired) electrons. The zero-order chi connectivity index (χ0) is 16.8. The first-order valence-corrected chi connectivity index (χ1v) is 7.55. The molecule has 1 aliphatic heterocycles. The highest BCUT2D eigenvalue weighted by molar-refractivity contribution is 5.46. The predicted octanol–water partition coefficient (Wildman–Crippen LogP) is 0.936.